The lowest BCUT2D eigenvalue weighted by atomic mass is 10.3. The maximum Gasteiger partial charge on any atom is 0.111 e. The first-order chi connectivity index (χ1) is 5.27. The first kappa shape index (κ1) is 6.54. The van der Waals surface area contributed by atoms with Crippen molar-refractivity contribution < 1.29 is 0 Å². The summed E-state index contributed by atoms with van der Waals surface area (Å²) in [4.78, 5) is 7.85. The molecule has 56 valence electrons. The topological polar surface area (TPSA) is 54.7 Å². The van der Waals surface area contributed by atoms with E-state index in [-0.39, 0.29) is 0 Å². The molecule has 0 saturated heterocycles. The van der Waals surface area contributed by atoms with Gasteiger partial charge in [-0.25, -0.2) is 4.98 Å². The third-order valence-corrected chi connectivity index (χ3v) is 1.80. The van der Waals surface area contributed by atoms with Gasteiger partial charge in [0.15, 0.2) is 0 Å². The molecule has 0 bridgehead atoms. The Balaban J connectivity index is 2.91. The second-order valence-electron chi connectivity index (χ2n) is 2.33. The molecule has 2 aromatic rings. The van der Waals surface area contributed by atoms with E-state index in [1.807, 2.05) is 6.07 Å². The van der Waals surface area contributed by atoms with Gasteiger partial charge in [-0.05, 0) is 12.1 Å². The fourth-order valence-electron chi connectivity index (χ4n) is 1.06. The van der Waals surface area contributed by atoms with E-state index in [1.165, 1.54) is 0 Å². The number of nitrogens with zero attached hydrogens (tertiary/aromatic N) is 1. The monoisotopic (exact) mass is 165 g/mol. The fourth-order valence-corrected chi connectivity index (χ4v) is 1.33. The Labute approximate surface area is 69.0 Å². The number of thiol groups is 1. The van der Waals surface area contributed by atoms with Gasteiger partial charge in [-0.1, -0.05) is 0 Å². The van der Waals surface area contributed by atoms with Crippen LogP contribution in [-0.4, -0.2) is 9.97 Å². The number of benzene rings is 1. The van der Waals surface area contributed by atoms with Crippen molar-refractivity contribution in [3.8, 4) is 0 Å². The van der Waals surface area contributed by atoms with Crippen LogP contribution in [0.3, 0.4) is 0 Å². The minimum atomic E-state index is 0.661. The molecule has 1 aromatic carbocycles. The van der Waals surface area contributed by atoms with Crippen molar-refractivity contribution in [2.45, 2.75) is 4.90 Å². The highest BCUT2D eigenvalue weighted by Gasteiger charge is 2.00. The van der Waals surface area contributed by atoms with Crippen molar-refractivity contribution in [3.63, 3.8) is 0 Å². The molecule has 0 aliphatic carbocycles. The minimum Gasteiger partial charge on any atom is -0.397 e. The largest absolute Gasteiger partial charge is 0.397 e. The predicted octanol–water partition coefficient (Wildman–Crippen LogP) is 1.43. The standard InChI is InChI=1S/C7H7N3S/c8-5-1-4(11)2-6-7(5)10-3-9-6/h1-3,11H,8H2,(H,9,10). The molecule has 0 amide bonds. The molecule has 0 fully saturated rings. The third kappa shape index (κ3) is 0.952. The van der Waals surface area contributed by atoms with Gasteiger partial charge in [-0.2, -0.15) is 0 Å². The van der Waals surface area contributed by atoms with Crippen LogP contribution in [0, 0.1) is 0 Å². The summed E-state index contributed by atoms with van der Waals surface area (Å²) in [6.07, 6.45) is 1.62. The molecular formula is C7H7N3S. The summed E-state index contributed by atoms with van der Waals surface area (Å²) < 4.78 is 0. The Morgan fingerprint density at radius 2 is 2.27 bits per heavy atom. The molecule has 0 spiro atoms. The van der Waals surface area contributed by atoms with Crippen molar-refractivity contribution in [1.29, 1.82) is 0 Å². The number of aromatic amines is 1. The lowest BCUT2D eigenvalue weighted by molar-refractivity contribution is 1.34. The molecule has 3 N–H and O–H groups in total. The number of nitrogens with one attached hydrogen (secondary N) is 1. The molecule has 2 rings (SSSR count). The first-order valence-electron chi connectivity index (χ1n) is 3.19. The Morgan fingerprint density at radius 3 is 3.09 bits per heavy atom. The molecule has 0 atom stereocenters. The summed E-state index contributed by atoms with van der Waals surface area (Å²) in [7, 11) is 0. The number of aromatic nitrogens is 2. The Bertz CT molecular complexity index is 393. The lowest BCUT2D eigenvalue weighted by Crippen LogP contribution is -1.86. The molecule has 4 heteroatoms. The zero-order valence-corrected chi connectivity index (χ0v) is 6.60. The minimum absolute atomic E-state index is 0.661. The smallest absolute Gasteiger partial charge is 0.111 e. The molecule has 0 aliphatic heterocycles. The maximum atomic E-state index is 5.67. The van der Waals surface area contributed by atoms with Crippen LogP contribution in [-0.2, 0) is 0 Å². The molecule has 1 aromatic heterocycles. The SMILES string of the molecule is Nc1cc(S)cc2[nH]cnc12. The summed E-state index contributed by atoms with van der Waals surface area (Å²) in [5, 5.41) is 0. The van der Waals surface area contributed by atoms with E-state index < -0.39 is 0 Å². The highest BCUT2D eigenvalue weighted by molar-refractivity contribution is 7.80. The van der Waals surface area contributed by atoms with Gasteiger partial charge in [0.05, 0.1) is 17.5 Å². The van der Waals surface area contributed by atoms with Crippen molar-refractivity contribution in [2.24, 2.45) is 0 Å². The molecule has 0 radical (unpaired) electrons. The number of fused-ring (bicyclic) bond motifs is 1. The van der Waals surface area contributed by atoms with Crippen LogP contribution in [0.5, 0.6) is 0 Å². The highest BCUT2D eigenvalue weighted by atomic mass is 32.1. The number of hydrogen-bond acceptors (Lipinski definition) is 3. The Hall–Kier alpha value is -1.16. The maximum absolute atomic E-state index is 5.67. The second kappa shape index (κ2) is 2.17. The van der Waals surface area contributed by atoms with Crippen molar-refractivity contribution >= 4 is 29.3 Å². The van der Waals surface area contributed by atoms with Crippen molar-refractivity contribution in [3.05, 3.63) is 18.5 Å². The van der Waals surface area contributed by atoms with Crippen LogP contribution in [0.4, 0.5) is 5.69 Å². The molecular weight excluding hydrogens is 158 g/mol. The summed E-state index contributed by atoms with van der Waals surface area (Å²) in [5.41, 5.74) is 8.07. The van der Waals surface area contributed by atoms with Gasteiger partial charge in [0, 0.05) is 4.90 Å². The van der Waals surface area contributed by atoms with Crippen LogP contribution in [0.2, 0.25) is 0 Å². The number of anilines is 1. The van der Waals surface area contributed by atoms with Crippen LogP contribution < -0.4 is 5.73 Å². The van der Waals surface area contributed by atoms with Crippen LogP contribution >= 0.6 is 12.6 Å². The van der Waals surface area contributed by atoms with E-state index in [0.29, 0.717) is 5.69 Å². The summed E-state index contributed by atoms with van der Waals surface area (Å²) in [6, 6.07) is 3.67. The van der Waals surface area contributed by atoms with Gasteiger partial charge >= 0.3 is 0 Å². The van der Waals surface area contributed by atoms with Crippen LogP contribution in [0.1, 0.15) is 0 Å². The predicted molar refractivity (Wildman–Crippen MR) is 47.8 cm³/mol. The summed E-state index contributed by atoms with van der Waals surface area (Å²) >= 11 is 4.18. The molecule has 11 heavy (non-hydrogen) atoms. The van der Waals surface area contributed by atoms with E-state index in [2.05, 4.69) is 22.6 Å². The number of H-pyrrole nitrogens is 1. The quantitative estimate of drug-likeness (QED) is 0.408. The summed E-state index contributed by atoms with van der Waals surface area (Å²) in [5.74, 6) is 0. The second-order valence-corrected chi connectivity index (χ2v) is 2.85. The first-order valence-corrected chi connectivity index (χ1v) is 3.63. The van der Waals surface area contributed by atoms with E-state index in [1.54, 1.807) is 12.4 Å². The average molecular weight is 165 g/mol. The van der Waals surface area contributed by atoms with Gasteiger partial charge in [0.1, 0.15) is 5.52 Å². The number of rotatable bonds is 0. The molecule has 1 heterocycles. The zero-order chi connectivity index (χ0) is 7.84. The zero-order valence-electron chi connectivity index (χ0n) is 5.70. The normalized spacial score (nSPS) is 10.6. The molecule has 0 saturated carbocycles. The lowest BCUT2D eigenvalue weighted by Gasteiger charge is -1.95. The fraction of sp³-hybridized carbons (Fsp3) is 0. The Morgan fingerprint density at radius 1 is 1.45 bits per heavy atom. The summed E-state index contributed by atoms with van der Waals surface area (Å²) in [6.45, 7) is 0. The van der Waals surface area contributed by atoms with E-state index in [0.717, 1.165) is 15.9 Å². The molecule has 0 unspecified atom stereocenters. The van der Waals surface area contributed by atoms with Gasteiger partial charge < -0.3 is 10.7 Å². The van der Waals surface area contributed by atoms with E-state index in [4.69, 9.17) is 5.73 Å². The van der Waals surface area contributed by atoms with Gasteiger partial charge in [0.2, 0.25) is 0 Å². The number of nitrogens with two attached hydrogens (primary N) is 1. The van der Waals surface area contributed by atoms with Gasteiger partial charge in [0.25, 0.3) is 0 Å². The highest BCUT2D eigenvalue weighted by Crippen LogP contribution is 2.21. The van der Waals surface area contributed by atoms with Crippen LogP contribution in [0.15, 0.2) is 23.4 Å². The number of hydrogen-bond donors (Lipinski definition) is 3. The Kier molecular flexibility index (Phi) is 1.29. The average Bonchev–Trinajstić information content (AvgIpc) is 2.34. The third-order valence-electron chi connectivity index (χ3n) is 1.54. The van der Waals surface area contributed by atoms with Gasteiger partial charge in [-0.3, -0.25) is 0 Å². The van der Waals surface area contributed by atoms with E-state index in [9.17, 15) is 0 Å². The van der Waals surface area contributed by atoms with E-state index >= 15 is 0 Å². The van der Waals surface area contributed by atoms with Gasteiger partial charge in [-0.15, -0.1) is 12.6 Å². The van der Waals surface area contributed by atoms with Crippen molar-refractivity contribution in [2.75, 3.05) is 5.73 Å². The number of imidazole rings is 1. The number of nitrogen functional groups attached to an aromatic ring is 1. The molecule has 0 aliphatic rings. The molecule has 3 nitrogen and oxygen atoms in total. The van der Waals surface area contributed by atoms with Crippen LogP contribution in [0.25, 0.3) is 11.0 Å². The van der Waals surface area contributed by atoms with Crippen molar-refractivity contribution in [1.82, 2.24) is 9.97 Å².